The van der Waals surface area contributed by atoms with Gasteiger partial charge in [-0.25, -0.2) is 8.42 Å². The summed E-state index contributed by atoms with van der Waals surface area (Å²) in [6.07, 6.45) is 5.50. The molecule has 1 N–H and O–H groups in total. The number of amides is 2. The van der Waals surface area contributed by atoms with E-state index in [1.165, 1.54) is 4.90 Å². The molecule has 196 valence electrons. The lowest BCUT2D eigenvalue weighted by molar-refractivity contribution is -0.140. The molecule has 0 saturated heterocycles. The van der Waals surface area contributed by atoms with Crippen molar-refractivity contribution in [3.8, 4) is 0 Å². The predicted octanol–water partition coefficient (Wildman–Crippen LogP) is 4.59. The van der Waals surface area contributed by atoms with Crippen LogP contribution in [0.5, 0.6) is 0 Å². The highest BCUT2D eigenvalue weighted by Gasteiger charge is 2.33. The molecule has 2 amide bonds. The second-order valence-electron chi connectivity index (χ2n) is 9.57. The van der Waals surface area contributed by atoms with E-state index < -0.39 is 28.5 Å². The monoisotopic (exact) mass is 533 g/mol. The van der Waals surface area contributed by atoms with Crippen LogP contribution in [0.2, 0.25) is 5.02 Å². The number of anilines is 1. The van der Waals surface area contributed by atoms with E-state index in [4.69, 9.17) is 11.6 Å². The summed E-state index contributed by atoms with van der Waals surface area (Å²) in [6, 6.07) is 12.1. The lowest BCUT2D eigenvalue weighted by Crippen LogP contribution is -2.53. The minimum atomic E-state index is -3.81. The van der Waals surface area contributed by atoms with Gasteiger partial charge in [0.05, 0.1) is 11.9 Å². The van der Waals surface area contributed by atoms with Gasteiger partial charge in [-0.2, -0.15) is 0 Å². The summed E-state index contributed by atoms with van der Waals surface area (Å²) in [7, 11) is -3.81. The number of rotatable bonds is 10. The summed E-state index contributed by atoms with van der Waals surface area (Å²) < 4.78 is 26.6. The Kier molecular flexibility index (Phi) is 9.41. The van der Waals surface area contributed by atoms with Crippen molar-refractivity contribution < 1.29 is 18.0 Å². The average molecular weight is 534 g/mol. The SMILES string of the molecule is CC[C@H](C(=O)NC1CCCC1)N(Cc1ccc(C)cc1)C(=O)CN(c1cccc(Cl)c1C)S(C)(=O)=O. The van der Waals surface area contributed by atoms with Crippen molar-refractivity contribution in [3.05, 3.63) is 64.2 Å². The summed E-state index contributed by atoms with van der Waals surface area (Å²) in [5.41, 5.74) is 2.86. The van der Waals surface area contributed by atoms with Gasteiger partial charge in [0.15, 0.2) is 0 Å². The molecule has 0 aliphatic heterocycles. The smallest absolute Gasteiger partial charge is 0.244 e. The third-order valence-corrected chi connectivity index (χ3v) is 8.28. The van der Waals surface area contributed by atoms with Crippen LogP contribution in [0.3, 0.4) is 0 Å². The molecule has 7 nitrogen and oxygen atoms in total. The van der Waals surface area contributed by atoms with Gasteiger partial charge in [0, 0.05) is 17.6 Å². The summed E-state index contributed by atoms with van der Waals surface area (Å²) >= 11 is 6.25. The van der Waals surface area contributed by atoms with Crippen molar-refractivity contribution in [1.82, 2.24) is 10.2 Å². The number of carbonyl (C=O) groups is 2. The van der Waals surface area contributed by atoms with E-state index in [-0.39, 0.29) is 18.5 Å². The van der Waals surface area contributed by atoms with Gasteiger partial charge < -0.3 is 10.2 Å². The lowest BCUT2D eigenvalue weighted by atomic mass is 10.1. The zero-order valence-corrected chi connectivity index (χ0v) is 23.0. The molecule has 0 unspecified atom stereocenters. The first-order valence-corrected chi connectivity index (χ1v) is 14.6. The highest BCUT2D eigenvalue weighted by Crippen LogP contribution is 2.28. The molecule has 0 aromatic heterocycles. The highest BCUT2D eigenvalue weighted by atomic mass is 35.5. The first-order chi connectivity index (χ1) is 17.0. The quantitative estimate of drug-likeness (QED) is 0.484. The molecule has 0 bridgehead atoms. The molecule has 1 fully saturated rings. The molecule has 1 saturated carbocycles. The van der Waals surface area contributed by atoms with Gasteiger partial charge in [0.25, 0.3) is 0 Å². The Morgan fingerprint density at radius 3 is 2.31 bits per heavy atom. The second-order valence-corrected chi connectivity index (χ2v) is 11.9. The molecule has 0 heterocycles. The summed E-state index contributed by atoms with van der Waals surface area (Å²) in [4.78, 5) is 28.6. The molecule has 0 radical (unpaired) electrons. The van der Waals surface area contributed by atoms with Crippen LogP contribution in [0.15, 0.2) is 42.5 Å². The Morgan fingerprint density at radius 2 is 1.72 bits per heavy atom. The molecule has 9 heteroatoms. The fourth-order valence-corrected chi connectivity index (χ4v) is 5.71. The van der Waals surface area contributed by atoms with E-state index in [0.29, 0.717) is 22.7 Å². The maximum absolute atomic E-state index is 13.8. The Labute approximate surface area is 219 Å². The number of nitrogens with zero attached hydrogens (tertiary/aromatic N) is 2. The molecular formula is C27H36ClN3O4S. The van der Waals surface area contributed by atoms with Crippen LogP contribution in [0.1, 0.15) is 55.7 Å². The van der Waals surface area contributed by atoms with Gasteiger partial charge in [-0.15, -0.1) is 0 Å². The minimum absolute atomic E-state index is 0.115. The Balaban J connectivity index is 1.94. The molecule has 1 atom stereocenters. The van der Waals surface area contributed by atoms with Gasteiger partial charge >= 0.3 is 0 Å². The number of nitrogens with one attached hydrogen (secondary N) is 1. The summed E-state index contributed by atoms with van der Waals surface area (Å²) in [6.45, 7) is 5.33. The van der Waals surface area contributed by atoms with Crippen LogP contribution in [-0.2, 0) is 26.2 Å². The van der Waals surface area contributed by atoms with E-state index in [1.54, 1.807) is 25.1 Å². The summed E-state index contributed by atoms with van der Waals surface area (Å²) in [5.74, 6) is -0.650. The van der Waals surface area contributed by atoms with Gasteiger partial charge in [-0.1, -0.05) is 67.3 Å². The van der Waals surface area contributed by atoms with Gasteiger partial charge in [-0.05, 0) is 56.4 Å². The zero-order valence-electron chi connectivity index (χ0n) is 21.5. The van der Waals surface area contributed by atoms with E-state index in [0.717, 1.165) is 47.4 Å². The highest BCUT2D eigenvalue weighted by molar-refractivity contribution is 7.92. The molecule has 0 spiro atoms. The van der Waals surface area contributed by atoms with Crippen molar-refractivity contribution in [2.75, 3.05) is 17.1 Å². The molecule has 3 rings (SSSR count). The number of aryl methyl sites for hydroxylation is 1. The number of carbonyl (C=O) groups excluding carboxylic acids is 2. The third-order valence-electron chi connectivity index (χ3n) is 6.75. The topological polar surface area (TPSA) is 86.8 Å². The lowest BCUT2D eigenvalue weighted by Gasteiger charge is -2.33. The minimum Gasteiger partial charge on any atom is -0.352 e. The molecule has 2 aromatic carbocycles. The van der Waals surface area contributed by atoms with Crippen LogP contribution in [0.4, 0.5) is 5.69 Å². The van der Waals surface area contributed by atoms with E-state index >= 15 is 0 Å². The first kappa shape index (κ1) is 28.0. The molecule has 1 aliphatic carbocycles. The maximum Gasteiger partial charge on any atom is 0.244 e. The largest absolute Gasteiger partial charge is 0.352 e. The van der Waals surface area contributed by atoms with Gasteiger partial charge in [-0.3, -0.25) is 13.9 Å². The van der Waals surface area contributed by atoms with E-state index in [9.17, 15) is 18.0 Å². The van der Waals surface area contributed by atoms with Crippen molar-refractivity contribution in [1.29, 1.82) is 0 Å². The fraction of sp³-hybridized carbons (Fsp3) is 0.481. The molecule has 36 heavy (non-hydrogen) atoms. The zero-order chi connectivity index (χ0) is 26.5. The molecular weight excluding hydrogens is 498 g/mol. The Hall–Kier alpha value is -2.58. The van der Waals surface area contributed by atoms with Crippen LogP contribution >= 0.6 is 11.6 Å². The average Bonchev–Trinajstić information content (AvgIpc) is 3.33. The normalized spacial score (nSPS) is 14.9. The van der Waals surface area contributed by atoms with Crippen LogP contribution in [-0.4, -0.2) is 50.0 Å². The Bertz CT molecular complexity index is 1180. The number of sulfonamides is 1. The van der Waals surface area contributed by atoms with Crippen molar-refractivity contribution in [2.45, 2.75) is 71.5 Å². The maximum atomic E-state index is 13.8. The van der Waals surface area contributed by atoms with Crippen LogP contribution < -0.4 is 9.62 Å². The van der Waals surface area contributed by atoms with Crippen LogP contribution in [0.25, 0.3) is 0 Å². The fourth-order valence-electron chi connectivity index (χ4n) is 4.64. The molecule has 1 aliphatic rings. The second kappa shape index (κ2) is 12.1. The van der Waals surface area contributed by atoms with Gasteiger partial charge in [0.2, 0.25) is 21.8 Å². The number of hydrogen-bond acceptors (Lipinski definition) is 4. The van der Waals surface area contributed by atoms with Crippen molar-refractivity contribution in [2.24, 2.45) is 0 Å². The first-order valence-electron chi connectivity index (χ1n) is 12.4. The Morgan fingerprint density at radius 1 is 1.08 bits per heavy atom. The van der Waals surface area contributed by atoms with Crippen LogP contribution in [0, 0.1) is 13.8 Å². The molecule has 2 aromatic rings. The number of halogens is 1. The van der Waals surface area contributed by atoms with E-state index in [1.807, 2.05) is 38.1 Å². The van der Waals surface area contributed by atoms with Crippen molar-refractivity contribution in [3.63, 3.8) is 0 Å². The standard InChI is InChI=1S/C27H36ClN3O4S/c1-5-24(27(33)29-22-9-6-7-10-22)30(17-21-15-13-19(2)14-16-21)26(32)18-31(36(4,34)35)25-12-8-11-23(28)20(25)3/h8,11-16,22,24H,5-7,9-10,17-18H2,1-4H3,(H,29,33)/t24-/m1/s1. The van der Waals surface area contributed by atoms with Crippen molar-refractivity contribution >= 4 is 39.1 Å². The third kappa shape index (κ3) is 7.01. The summed E-state index contributed by atoms with van der Waals surface area (Å²) in [5, 5.41) is 3.52. The predicted molar refractivity (Wildman–Crippen MR) is 145 cm³/mol. The van der Waals surface area contributed by atoms with Gasteiger partial charge in [0.1, 0.15) is 12.6 Å². The van der Waals surface area contributed by atoms with E-state index in [2.05, 4.69) is 5.32 Å². The number of hydrogen-bond donors (Lipinski definition) is 1. The number of benzene rings is 2.